The zero-order valence-electron chi connectivity index (χ0n) is 10.9. The first-order valence-electron chi connectivity index (χ1n) is 6.10. The summed E-state index contributed by atoms with van der Waals surface area (Å²) in [6, 6.07) is 5.22. The van der Waals surface area contributed by atoms with Gasteiger partial charge in [0.1, 0.15) is 5.82 Å². The lowest BCUT2D eigenvalue weighted by atomic mass is 10.0. The molecule has 0 saturated carbocycles. The highest BCUT2D eigenvalue weighted by Gasteiger charge is 2.10. The molecule has 0 aliphatic rings. The number of aromatic amines is 1. The Balaban J connectivity index is 2.30. The third-order valence-corrected chi connectivity index (χ3v) is 2.88. The normalized spacial score (nSPS) is 11.2. The molecule has 1 aromatic carbocycles. The van der Waals surface area contributed by atoms with Crippen LogP contribution in [0.2, 0.25) is 0 Å². The Morgan fingerprint density at radius 2 is 2.17 bits per heavy atom. The van der Waals surface area contributed by atoms with Gasteiger partial charge in [0.05, 0.1) is 11.9 Å². The molecule has 0 atom stereocenters. The van der Waals surface area contributed by atoms with Gasteiger partial charge in [-0.25, -0.2) is 4.39 Å². The van der Waals surface area contributed by atoms with E-state index < -0.39 is 0 Å². The summed E-state index contributed by atoms with van der Waals surface area (Å²) in [5.41, 5.74) is 3.96. The van der Waals surface area contributed by atoms with Crippen LogP contribution < -0.4 is 5.32 Å². The molecule has 0 saturated heterocycles. The van der Waals surface area contributed by atoms with E-state index in [1.165, 1.54) is 12.1 Å². The Morgan fingerprint density at radius 1 is 1.39 bits per heavy atom. The van der Waals surface area contributed by atoms with E-state index in [1.54, 1.807) is 6.07 Å². The molecule has 1 heterocycles. The number of aromatic nitrogens is 2. The van der Waals surface area contributed by atoms with E-state index in [0.717, 1.165) is 28.9 Å². The van der Waals surface area contributed by atoms with Crippen molar-refractivity contribution in [2.24, 2.45) is 0 Å². The summed E-state index contributed by atoms with van der Waals surface area (Å²) in [5, 5.41) is 10.4. The lowest BCUT2D eigenvalue weighted by Crippen LogP contribution is -2.21. The number of aryl methyl sites for hydroxylation is 1. The second kappa shape index (κ2) is 5.31. The molecule has 18 heavy (non-hydrogen) atoms. The molecule has 2 aromatic rings. The van der Waals surface area contributed by atoms with Crippen molar-refractivity contribution in [1.82, 2.24) is 15.5 Å². The third kappa shape index (κ3) is 2.76. The zero-order chi connectivity index (χ0) is 13.1. The Labute approximate surface area is 106 Å². The predicted octanol–water partition coefficient (Wildman–Crippen LogP) is 3.02. The number of hydrogen-bond donors (Lipinski definition) is 2. The Bertz CT molecular complexity index is 532. The smallest absolute Gasteiger partial charge is 0.123 e. The van der Waals surface area contributed by atoms with Gasteiger partial charge in [-0.1, -0.05) is 13.8 Å². The summed E-state index contributed by atoms with van der Waals surface area (Å²) in [5.74, 6) is -0.211. The molecule has 4 heteroatoms. The fourth-order valence-corrected chi connectivity index (χ4v) is 1.90. The van der Waals surface area contributed by atoms with Crippen molar-refractivity contribution in [3.05, 3.63) is 41.3 Å². The molecule has 2 N–H and O–H groups in total. The highest BCUT2D eigenvalue weighted by Crippen LogP contribution is 2.25. The van der Waals surface area contributed by atoms with Gasteiger partial charge in [0.15, 0.2) is 0 Å². The summed E-state index contributed by atoms with van der Waals surface area (Å²) < 4.78 is 13.1. The first-order valence-corrected chi connectivity index (χ1v) is 6.10. The molecule has 96 valence electrons. The summed E-state index contributed by atoms with van der Waals surface area (Å²) in [6.45, 7) is 6.85. The molecule has 3 nitrogen and oxygen atoms in total. The molecule has 0 spiro atoms. The maximum atomic E-state index is 13.1. The van der Waals surface area contributed by atoms with Crippen LogP contribution in [0.1, 0.15) is 25.0 Å². The predicted molar refractivity (Wildman–Crippen MR) is 70.7 cm³/mol. The van der Waals surface area contributed by atoms with Gasteiger partial charge in [0.25, 0.3) is 0 Å². The number of nitrogens with zero attached hydrogens (tertiary/aromatic N) is 1. The van der Waals surface area contributed by atoms with E-state index in [2.05, 4.69) is 29.4 Å². The molecule has 0 aliphatic carbocycles. The van der Waals surface area contributed by atoms with E-state index in [9.17, 15) is 4.39 Å². The largest absolute Gasteiger partial charge is 0.310 e. The molecule has 0 bridgehead atoms. The molecule has 0 radical (unpaired) electrons. The SMILES string of the molecule is Cc1cc(F)ccc1-c1[nH]ncc1CNC(C)C. The lowest BCUT2D eigenvalue weighted by Gasteiger charge is -2.10. The average Bonchev–Trinajstić information content (AvgIpc) is 2.74. The maximum Gasteiger partial charge on any atom is 0.123 e. The van der Waals surface area contributed by atoms with Gasteiger partial charge in [-0.15, -0.1) is 0 Å². The van der Waals surface area contributed by atoms with Crippen molar-refractivity contribution < 1.29 is 4.39 Å². The molecule has 0 fully saturated rings. The topological polar surface area (TPSA) is 40.7 Å². The lowest BCUT2D eigenvalue weighted by molar-refractivity contribution is 0.589. The van der Waals surface area contributed by atoms with Gasteiger partial charge in [-0.3, -0.25) is 5.10 Å². The highest BCUT2D eigenvalue weighted by atomic mass is 19.1. The van der Waals surface area contributed by atoms with Crippen LogP contribution in [0.15, 0.2) is 24.4 Å². The Kier molecular flexibility index (Phi) is 3.77. The van der Waals surface area contributed by atoms with Crippen LogP contribution in [0.25, 0.3) is 11.3 Å². The van der Waals surface area contributed by atoms with Crippen LogP contribution >= 0.6 is 0 Å². The summed E-state index contributed by atoms with van der Waals surface area (Å²) in [7, 11) is 0. The minimum Gasteiger partial charge on any atom is -0.310 e. The second-order valence-electron chi connectivity index (χ2n) is 4.77. The highest BCUT2D eigenvalue weighted by molar-refractivity contribution is 5.66. The van der Waals surface area contributed by atoms with Crippen molar-refractivity contribution in [3.8, 4) is 11.3 Å². The monoisotopic (exact) mass is 247 g/mol. The Morgan fingerprint density at radius 3 is 2.83 bits per heavy atom. The quantitative estimate of drug-likeness (QED) is 0.872. The fourth-order valence-electron chi connectivity index (χ4n) is 1.90. The van der Waals surface area contributed by atoms with Crippen molar-refractivity contribution in [1.29, 1.82) is 0 Å². The fraction of sp³-hybridized carbons (Fsp3) is 0.357. The van der Waals surface area contributed by atoms with Crippen LogP contribution in [0.5, 0.6) is 0 Å². The summed E-state index contributed by atoms with van der Waals surface area (Å²) in [6.07, 6.45) is 1.81. The van der Waals surface area contributed by atoms with E-state index in [0.29, 0.717) is 6.04 Å². The first-order chi connectivity index (χ1) is 8.58. The average molecular weight is 247 g/mol. The first kappa shape index (κ1) is 12.8. The van der Waals surface area contributed by atoms with Crippen LogP contribution in [0.3, 0.4) is 0 Å². The molecule has 0 unspecified atom stereocenters. The van der Waals surface area contributed by atoms with E-state index in [4.69, 9.17) is 0 Å². The molecule has 0 amide bonds. The van der Waals surface area contributed by atoms with E-state index in [1.807, 2.05) is 13.1 Å². The van der Waals surface area contributed by atoms with Gasteiger partial charge in [-0.05, 0) is 30.7 Å². The molecular weight excluding hydrogens is 229 g/mol. The van der Waals surface area contributed by atoms with Gasteiger partial charge < -0.3 is 5.32 Å². The van der Waals surface area contributed by atoms with Gasteiger partial charge in [0.2, 0.25) is 0 Å². The number of H-pyrrole nitrogens is 1. The van der Waals surface area contributed by atoms with Crippen molar-refractivity contribution in [2.45, 2.75) is 33.4 Å². The number of halogens is 1. The van der Waals surface area contributed by atoms with Crippen molar-refractivity contribution in [2.75, 3.05) is 0 Å². The minimum atomic E-state index is -0.211. The molecular formula is C14H18FN3. The number of rotatable bonds is 4. The standard InChI is InChI=1S/C14H18FN3/c1-9(2)16-7-11-8-17-18-14(11)13-5-4-12(15)6-10(13)3/h4-6,8-9,16H,7H2,1-3H3,(H,17,18). The molecule has 1 aromatic heterocycles. The van der Waals surface area contributed by atoms with Crippen LogP contribution in [0, 0.1) is 12.7 Å². The van der Waals surface area contributed by atoms with E-state index in [-0.39, 0.29) is 5.82 Å². The van der Waals surface area contributed by atoms with Crippen LogP contribution in [-0.2, 0) is 6.54 Å². The maximum absolute atomic E-state index is 13.1. The molecule has 2 rings (SSSR count). The number of benzene rings is 1. The Hall–Kier alpha value is -1.68. The van der Waals surface area contributed by atoms with Crippen molar-refractivity contribution in [3.63, 3.8) is 0 Å². The summed E-state index contributed by atoms with van der Waals surface area (Å²) >= 11 is 0. The zero-order valence-corrected chi connectivity index (χ0v) is 10.9. The van der Waals surface area contributed by atoms with Crippen LogP contribution in [-0.4, -0.2) is 16.2 Å². The van der Waals surface area contributed by atoms with Gasteiger partial charge in [-0.2, -0.15) is 5.10 Å². The van der Waals surface area contributed by atoms with Gasteiger partial charge in [0, 0.05) is 23.7 Å². The number of hydrogen-bond acceptors (Lipinski definition) is 2. The number of nitrogens with one attached hydrogen (secondary N) is 2. The van der Waals surface area contributed by atoms with Crippen molar-refractivity contribution >= 4 is 0 Å². The van der Waals surface area contributed by atoms with Gasteiger partial charge >= 0.3 is 0 Å². The van der Waals surface area contributed by atoms with Crippen LogP contribution in [0.4, 0.5) is 4.39 Å². The molecule has 0 aliphatic heterocycles. The summed E-state index contributed by atoms with van der Waals surface area (Å²) in [4.78, 5) is 0. The minimum absolute atomic E-state index is 0.211. The second-order valence-corrected chi connectivity index (χ2v) is 4.77. The van der Waals surface area contributed by atoms with E-state index >= 15 is 0 Å². The third-order valence-electron chi connectivity index (χ3n) is 2.88.